The van der Waals surface area contributed by atoms with Crippen molar-refractivity contribution in [2.45, 2.75) is 6.92 Å². The highest BCUT2D eigenvalue weighted by atomic mass is 32.1. The number of hydrogen-bond acceptors (Lipinski definition) is 4. The maximum Gasteiger partial charge on any atom is 0.281 e. The summed E-state index contributed by atoms with van der Waals surface area (Å²) in [6, 6.07) is 22.9. The van der Waals surface area contributed by atoms with Gasteiger partial charge in [0.25, 0.3) is 11.8 Å². The number of thiazole rings is 1. The molecule has 1 heterocycles. The van der Waals surface area contributed by atoms with Crippen molar-refractivity contribution in [2.24, 2.45) is 0 Å². The molecule has 0 aliphatic carbocycles. The zero-order chi connectivity index (χ0) is 19.5. The van der Waals surface area contributed by atoms with Gasteiger partial charge in [0, 0.05) is 11.1 Å². The van der Waals surface area contributed by atoms with Crippen molar-refractivity contribution in [3.05, 3.63) is 88.9 Å². The first-order valence-electron chi connectivity index (χ1n) is 8.74. The summed E-state index contributed by atoms with van der Waals surface area (Å²) >= 11 is 1.30. The van der Waals surface area contributed by atoms with E-state index in [4.69, 9.17) is 0 Å². The molecule has 0 fully saturated rings. The van der Waals surface area contributed by atoms with E-state index < -0.39 is 0 Å². The molecule has 0 saturated carbocycles. The van der Waals surface area contributed by atoms with Gasteiger partial charge in [0.05, 0.1) is 5.69 Å². The average molecular weight is 387 g/mol. The van der Waals surface area contributed by atoms with Crippen LogP contribution in [0, 0.1) is 6.92 Å². The summed E-state index contributed by atoms with van der Waals surface area (Å²) in [6.45, 7) is 1.78. The molecule has 28 heavy (non-hydrogen) atoms. The molecule has 138 valence electrons. The second-order valence-electron chi connectivity index (χ2n) is 6.27. The average Bonchev–Trinajstić information content (AvgIpc) is 3.14. The molecule has 5 nitrogen and oxygen atoms in total. The summed E-state index contributed by atoms with van der Waals surface area (Å²) in [5, 5.41) is 2.79. The number of amides is 2. The molecule has 2 amide bonds. The lowest BCUT2D eigenvalue weighted by Crippen LogP contribution is -2.41. The van der Waals surface area contributed by atoms with Gasteiger partial charge in [-0.3, -0.25) is 20.4 Å². The van der Waals surface area contributed by atoms with Crippen LogP contribution in [0.2, 0.25) is 0 Å². The number of nitrogens with one attached hydrogen (secondary N) is 2. The Bertz CT molecular complexity index is 1170. The highest BCUT2D eigenvalue weighted by molar-refractivity contribution is 7.17. The van der Waals surface area contributed by atoms with Gasteiger partial charge in [-0.1, -0.05) is 60.7 Å². The minimum absolute atomic E-state index is 0.371. The van der Waals surface area contributed by atoms with Gasteiger partial charge < -0.3 is 0 Å². The summed E-state index contributed by atoms with van der Waals surface area (Å²) in [6.07, 6.45) is 0. The number of hydrazine groups is 1. The zero-order valence-electron chi connectivity index (χ0n) is 15.1. The van der Waals surface area contributed by atoms with E-state index in [-0.39, 0.29) is 11.8 Å². The highest BCUT2D eigenvalue weighted by Gasteiger charge is 2.17. The summed E-state index contributed by atoms with van der Waals surface area (Å²) in [4.78, 5) is 29.8. The number of nitrogens with zero attached hydrogens (tertiary/aromatic N) is 1. The fourth-order valence-corrected chi connectivity index (χ4v) is 3.85. The number of aromatic nitrogens is 1. The Morgan fingerprint density at radius 3 is 2.29 bits per heavy atom. The first-order valence-corrected chi connectivity index (χ1v) is 9.56. The van der Waals surface area contributed by atoms with Gasteiger partial charge in [-0.05, 0) is 29.8 Å². The molecular weight excluding hydrogens is 370 g/mol. The summed E-state index contributed by atoms with van der Waals surface area (Å²) < 4.78 is 0. The monoisotopic (exact) mass is 387 g/mol. The summed E-state index contributed by atoms with van der Waals surface area (Å²) in [5.41, 5.74) is 7.02. The number of aryl methyl sites for hydroxylation is 1. The van der Waals surface area contributed by atoms with Gasteiger partial charge in [-0.25, -0.2) is 4.98 Å². The Balaban J connectivity index is 1.46. The Hall–Kier alpha value is -3.51. The molecule has 0 aliphatic rings. The molecule has 0 bridgehead atoms. The molecule has 3 aromatic carbocycles. The Kier molecular flexibility index (Phi) is 4.87. The molecule has 0 atom stereocenters. The van der Waals surface area contributed by atoms with Crippen LogP contribution in [0.25, 0.3) is 21.3 Å². The minimum Gasteiger partial charge on any atom is -0.267 e. The van der Waals surface area contributed by atoms with E-state index >= 15 is 0 Å². The third-order valence-corrected chi connectivity index (χ3v) is 5.53. The first-order chi connectivity index (χ1) is 13.6. The first kappa shape index (κ1) is 17.9. The summed E-state index contributed by atoms with van der Waals surface area (Å²) in [7, 11) is 0. The van der Waals surface area contributed by atoms with Gasteiger partial charge in [-0.2, -0.15) is 0 Å². The van der Waals surface area contributed by atoms with Crippen LogP contribution >= 0.6 is 11.3 Å². The molecular formula is C22H17N3O2S. The van der Waals surface area contributed by atoms with Crippen molar-refractivity contribution in [1.82, 2.24) is 15.8 Å². The summed E-state index contributed by atoms with van der Waals surface area (Å²) in [5.74, 6) is -0.754. The SMILES string of the molecule is Cc1nc(-c2ccccc2)sc1C(=O)NNC(=O)c1ccc2ccccc2c1. The maximum absolute atomic E-state index is 12.5. The van der Waals surface area contributed by atoms with Crippen LogP contribution in [-0.4, -0.2) is 16.8 Å². The van der Waals surface area contributed by atoms with E-state index in [1.165, 1.54) is 11.3 Å². The van der Waals surface area contributed by atoms with Gasteiger partial charge >= 0.3 is 0 Å². The molecule has 0 aliphatic heterocycles. The smallest absolute Gasteiger partial charge is 0.267 e. The number of rotatable bonds is 3. The second-order valence-corrected chi connectivity index (χ2v) is 7.27. The van der Waals surface area contributed by atoms with E-state index in [1.807, 2.05) is 60.7 Å². The van der Waals surface area contributed by atoms with Crippen LogP contribution < -0.4 is 10.9 Å². The lowest BCUT2D eigenvalue weighted by atomic mass is 10.1. The van der Waals surface area contributed by atoms with Crippen LogP contribution in [0.15, 0.2) is 72.8 Å². The number of carbonyl (C=O) groups excluding carboxylic acids is 2. The fourth-order valence-electron chi connectivity index (χ4n) is 2.88. The maximum atomic E-state index is 12.5. The molecule has 1 aromatic heterocycles. The van der Waals surface area contributed by atoms with Crippen LogP contribution in [0.1, 0.15) is 25.7 Å². The van der Waals surface area contributed by atoms with Crippen LogP contribution in [-0.2, 0) is 0 Å². The molecule has 6 heteroatoms. The number of fused-ring (bicyclic) bond motifs is 1. The number of hydrogen-bond donors (Lipinski definition) is 2. The lowest BCUT2D eigenvalue weighted by molar-refractivity contribution is 0.0848. The third kappa shape index (κ3) is 3.63. The van der Waals surface area contributed by atoms with E-state index in [1.54, 1.807) is 19.1 Å². The minimum atomic E-state index is -0.383. The van der Waals surface area contributed by atoms with Crippen LogP contribution in [0.5, 0.6) is 0 Å². The van der Waals surface area contributed by atoms with Gasteiger partial charge in [-0.15, -0.1) is 11.3 Å². The van der Waals surface area contributed by atoms with Crippen LogP contribution in [0.3, 0.4) is 0 Å². The molecule has 0 radical (unpaired) electrons. The molecule has 4 rings (SSSR count). The predicted octanol–water partition coefficient (Wildman–Crippen LogP) is 4.35. The number of carbonyl (C=O) groups is 2. The van der Waals surface area contributed by atoms with Gasteiger partial charge in [0.15, 0.2) is 0 Å². The Morgan fingerprint density at radius 2 is 1.50 bits per heavy atom. The lowest BCUT2D eigenvalue weighted by Gasteiger charge is -2.07. The third-order valence-electron chi connectivity index (χ3n) is 4.32. The fraction of sp³-hybridized carbons (Fsp3) is 0.0455. The van der Waals surface area contributed by atoms with Crippen molar-refractivity contribution in [2.75, 3.05) is 0 Å². The van der Waals surface area contributed by atoms with Crippen molar-refractivity contribution in [3.63, 3.8) is 0 Å². The van der Waals surface area contributed by atoms with Crippen molar-refractivity contribution < 1.29 is 9.59 Å². The quantitative estimate of drug-likeness (QED) is 0.514. The van der Waals surface area contributed by atoms with Crippen LogP contribution in [0.4, 0.5) is 0 Å². The van der Waals surface area contributed by atoms with Gasteiger partial charge in [0.1, 0.15) is 9.88 Å². The Labute approximate surface area is 166 Å². The molecule has 0 saturated heterocycles. The topological polar surface area (TPSA) is 71.1 Å². The van der Waals surface area contributed by atoms with Gasteiger partial charge in [0.2, 0.25) is 0 Å². The van der Waals surface area contributed by atoms with E-state index in [9.17, 15) is 9.59 Å². The Morgan fingerprint density at radius 1 is 0.821 bits per heavy atom. The van der Waals surface area contributed by atoms with E-state index in [0.717, 1.165) is 21.3 Å². The predicted molar refractivity (Wildman–Crippen MR) is 111 cm³/mol. The molecule has 0 spiro atoms. The highest BCUT2D eigenvalue weighted by Crippen LogP contribution is 2.27. The van der Waals surface area contributed by atoms with E-state index in [0.29, 0.717) is 16.1 Å². The zero-order valence-corrected chi connectivity index (χ0v) is 15.9. The molecule has 4 aromatic rings. The second kappa shape index (κ2) is 7.62. The van der Waals surface area contributed by atoms with E-state index in [2.05, 4.69) is 15.8 Å². The normalized spacial score (nSPS) is 10.6. The van der Waals surface area contributed by atoms with Crippen molar-refractivity contribution >= 4 is 33.9 Å². The van der Waals surface area contributed by atoms with Crippen molar-refractivity contribution in [3.8, 4) is 10.6 Å². The molecule has 0 unspecified atom stereocenters. The standard InChI is InChI=1S/C22H17N3O2S/c1-14-19(28-22(23-14)16-8-3-2-4-9-16)21(27)25-24-20(26)18-12-11-15-7-5-6-10-17(15)13-18/h2-13H,1H3,(H,24,26)(H,25,27). The largest absolute Gasteiger partial charge is 0.281 e. The number of benzene rings is 3. The molecule has 2 N–H and O–H groups in total. The van der Waals surface area contributed by atoms with Crippen molar-refractivity contribution in [1.29, 1.82) is 0 Å².